The van der Waals surface area contributed by atoms with Gasteiger partial charge in [-0.3, -0.25) is 4.79 Å². The molecule has 0 saturated heterocycles. The minimum Gasteiger partial charge on any atom is -0.324 e. The molecule has 0 unspecified atom stereocenters. The lowest BCUT2D eigenvalue weighted by Crippen LogP contribution is -2.28. The molecule has 0 saturated carbocycles. The Kier molecular flexibility index (Phi) is 5.67. The van der Waals surface area contributed by atoms with Crippen molar-refractivity contribution in [2.24, 2.45) is 0 Å². The van der Waals surface area contributed by atoms with Crippen molar-refractivity contribution >= 4 is 11.6 Å². The van der Waals surface area contributed by atoms with Crippen molar-refractivity contribution in [3.63, 3.8) is 0 Å². The standard InChI is InChI=1S/C18H21FN2O/c1-3-15-6-4-5-13(2)18(15)21-17(22)12-20-11-14-7-9-16(19)10-8-14/h4-10,20H,3,11-12H2,1-2H3,(H,21,22). The lowest BCUT2D eigenvalue weighted by Gasteiger charge is -2.13. The quantitative estimate of drug-likeness (QED) is 0.858. The summed E-state index contributed by atoms with van der Waals surface area (Å²) in [6, 6.07) is 12.2. The van der Waals surface area contributed by atoms with Crippen LogP contribution in [-0.2, 0) is 17.8 Å². The highest BCUT2D eigenvalue weighted by Crippen LogP contribution is 2.20. The van der Waals surface area contributed by atoms with Crippen LogP contribution in [0.3, 0.4) is 0 Å². The Morgan fingerprint density at radius 3 is 2.55 bits per heavy atom. The summed E-state index contributed by atoms with van der Waals surface area (Å²) in [7, 11) is 0. The first-order valence-electron chi connectivity index (χ1n) is 7.43. The lowest BCUT2D eigenvalue weighted by molar-refractivity contribution is -0.115. The van der Waals surface area contributed by atoms with E-state index in [0.717, 1.165) is 28.8 Å². The van der Waals surface area contributed by atoms with E-state index in [1.807, 2.05) is 25.1 Å². The maximum absolute atomic E-state index is 12.8. The first kappa shape index (κ1) is 16.2. The van der Waals surface area contributed by atoms with Gasteiger partial charge < -0.3 is 10.6 Å². The molecule has 0 aliphatic heterocycles. The SMILES string of the molecule is CCc1cccc(C)c1NC(=O)CNCc1ccc(F)cc1. The Hall–Kier alpha value is -2.20. The van der Waals surface area contributed by atoms with E-state index in [1.54, 1.807) is 12.1 Å². The van der Waals surface area contributed by atoms with Gasteiger partial charge in [-0.2, -0.15) is 0 Å². The van der Waals surface area contributed by atoms with Gasteiger partial charge in [-0.25, -0.2) is 4.39 Å². The first-order chi connectivity index (χ1) is 10.6. The number of aryl methyl sites for hydroxylation is 2. The molecule has 0 aliphatic carbocycles. The van der Waals surface area contributed by atoms with Crippen molar-refractivity contribution in [1.82, 2.24) is 5.32 Å². The van der Waals surface area contributed by atoms with Gasteiger partial charge in [0.15, 0.2) is 0 Å². The number of carbonyl (C=O) groups is 1. The van der Waals surface area contributed by atoms with Crippen LogP contribution in [0, 0.1) is 12.7 Å². The fraction of sp³-hybridized carbons (Fsp3) is 0.278. The van der Waals surface area contributed by atoms with Crippen molar-refractivity contribution in [3.05, 3.63) is 65.0 Å². The smallest absolute Gasteiger partial charge is 0.238 e. The summed E-state index contributed by atoms with van der Waals surface area (Å²) in [6.07, 6.45) is 0.875. The Bertz CT molecular complexity index is 638. The average molecular weight is 300 g/mol. The van der Waals surface area contributed by atoms with E-state index in [4.69, 9.17) is 0 Å². The third-order valence-corrected chi connectivity index (χ3v) is 3.53. The normalized spacial score (nSPS) is 10.5. The summed E-state index contributed by atoms with van der Waals surface area (Å²) < 4.78 is 12.8. The van der Waals surface area contributed by atoms with Gasteiger partial charge in [-0.05, 0) is 42.2 Å². The monoisotopic (exact) mass is 300 g/mol. The number of anilines is 1. The van der Waals surface area contributed by atoms with Crippen molar-refractivity contribution in [2.75, 3.05) is 11.9 Å². The molecule has 0 aromatic heterocycles. The average Bonchev–Trinajstić information content (AvgIpc) is 2.51. The molecular formula is C18H21FN2O. The summed E-state index contributed by atoms with van der Waals surface area (Å²) in [5, 5.41) is 6.03. The molecule has 3 nitrogen and oxygen atoms in total. The Morgan fingerprint density at radius 1 is 1.14 bits per heavy atom. The Balaban J connectivity index is 1.87. The molecule has 0 spiro atoms. The topological polar surface area (TPSA) is 41.1 Å². The highest BCUT2D eigenvalue weighted by Gasteiger charge is 2.08. The van der Waals surface area contributed by atoms with Crippen LogP contribution in [0.4, 0.5) is 10.1 Å². The first-order valence-corrected chi connectivity index (χ1v) is 7.43. The maximum Gasteiger partial charge on any atom is 0.238 e. The predicted octanol–water partition coefficient (Wildman–Crippen LogP) is 3.42. The summed E-state index contributed by atoms with van der Waals surface area (Å²) in [5.74, 6) is -0.334. The summed E-state index contributed by atoms with van der Waals surface area (Å²) >= 11 is 0. The highest BCUT2D eigenvalue weighted by molar-refractivity contribution is 5.93. The molecular weight excluding hydrogens is 279 g/mol. The van der Waals surface area contributed by atoms with Crippen molar-refractivity contribution in [3.8, 4) is 0 Å². The second-order valence-corrected chi connectivity index (χ2v) is 5.24. The highest BCUT2D eigenvalue weighted by atomic mass is 19.1. The zero-order valence-electron chi connectivity index (χ0n) is 12.9. The van der Waals surface area contributed by atoms with Gasteiger partial charge in [0.05, 0.1) is 6.54 Å². The van der Waals surface area contributed by atoms with E-state index in [-0.39, 0.29) is 18.3 Å². The van der Waals surface area contributed by atoms with Crippen LogP contribution in [0.25, 0.3) is 0 Å². The van der Waals surface area contributed by atoms with Crippen LogP contribution >= 0.6 is 0 Å². The molecule has 2 aromatic rings. The molecule has 0 aliphatic rings. The van der Waals surface area contributed by atoms with Gasteiger partial charge in [-0.1, -0.05) is 37.3 Å². The molecule has 0 heterocycles. The number of rotatable bonds is 6. The van der Waals surface area contributed by atoms with Crippen LogP contribution in [0.5, 0.6) is 0 Å². The minimum atomic E-state index is -0.256. The van der Waals surface area contributed by atoms with Gasteiger partial charge in [0.1, 0.15) is 5.82 Å². The van der Waals surface area contributed by atoms with E-state index in [2.05, 4.69) is 17.6 Å². The fourth-order valence-electron chi connectivity index (χ4n) is 2.31. The van der Waals surface area contributed by atoms with E-state index in [9.17, 15) is 9.18 Å². The second-order valence-electron chi connectivity index (χ2n) is 5.24. The Labute approximate surface area is 130 Å². The molecule has 0 fully saturated rings. The van der Waals surface area contributed by atoms with Crippen LogP contribution < -0.4 is 10.6 Å². The van der Waals surface area contributed by atoms with Crippen LogP contribution in [0.2, 0.25) is 0 Å². The number of hydrogen-bond donors (Lipinski definition) is 2. The molecule has 4 heteroatoms. The number of nitrogens with one attached hydrogen (secondary N) is 2. The number of halogens is 1. The minimum absolute atomic E-state index is 0.0777. The summed E-state index contributed by atoms with van der Waals surface area (Å²) in [4.78, 5) is 12.0. The molecule has 0 bridgehead atoms. The maximum atomic E-state index is 12.8. The van der Waals surface area contributed by atoms with E-state index in [1.165, 1.54) is 12.1 Å². The zero-order valence-corrected chi connectivity index (χ0v) is 12.9. The second kappa shape index (κ2) is 7.71. The van der Waals surface area contributed by atoms with Gasteiger partial charge >= 0.3 is 0 Å². The van der Waals surface area contributed by atoms with E-state index in [0.29, 0.717) is 6.54 Å². The molecule has 22 heavy (non-hydrogen) atoms. The van der Waals surface area contributed by atoms with Crippen molar-refractivity contribution < 1.29 is 9.18 Å². The number of hydrogen-bond acceptors (Lipinski definition) is 2. The van der Waals surface area contributed by atoms with Gasteiger partial charge in [0, 0.05) is 12.2 Å². The molecule has 0 radical (unpaired) electrons. The summed E-state index contributed by atoms with van der Waals surface area (Å²) in [5.41, 5.74) is 4.04. The molecule has 116 valence electrons. The lowest BCUT2D eigenvalue weighted by atomic mass is 10.1. The predicted molar refractivity (Wildman–Crippen MR) is 87.3 cm³/mol. The largest absolute Gasteiger partial charge is 0.324 e. The van der Waals surface area contributed by atoms with Crippen LogP contribution in [-0.4, -0.2) is 12.5 Å². The number of carbonyl (C=O) groups excluding carboxylic acids is 1. The van der Waals surface area contributed by atoms with Gasteiger partial charge in [-0.15, -0.1) is 0 Å². The number of para-hydroxylation sites is 1. The van der Waals surface area contributed by atoms with E-state index >= 15 is 0 Å². The van der Waals surface area contributed by atoms with Crippen molar-refractivity contribution in [2.45, 2.75) is 26.8 Å². The molecule has 0 atom stereocenters. The number of benzene rings is 2. The van der Waals surface area contributed by atoms with Crippen LogP contribution in [0.1, 0.15) is 23.6 Å². The van der Waals surface area contributed by atoms with Gasteiger partial charge in [0.2, 0.25) is 5.91 Å². The third kappa shape index (κ3) is 4.40. The zero-order chi connectivity index (χ0) is 15.9. The summed E-state index contributed by atoms with van der Waals surface area (Å²) in [6.45, 7) is 4.80. The van der Waals surface area contributed by atoms with Crippen LogP contribution in [0.15, 0.2) is 42.5 Å². The van der Waals surface area contributed by atoms with Gasteiger partial charge in [0.25, 0.3) is 0 Å². The molecule has 1 amide bonds. The van der Waals surface area contributed by atoms with E-state index < -0.39 is 0 Å². The van der Waals surface area contributed by atoms with Crippen molar-refractivity contribution in [1.29, 1.82) is 0 Å². The third-order valence-electron chi connectivity index (χ3n) is 3.53. The molecule has 2 aromatic carbocycles. The molecule has 2 rings (SSSR count). The molecule has 2 N–H and O–H groups in total. The fourth-order valence-corrected chi connectivity index (χ4v) is 2.31. The Morgan fingerprint density at radius 2 is 1.86 bits per heavy atom. The number of amides is 1.